The average molecular weight is 266 g/mol. The normalized spacial score (nSPS) is 13.9. The maximum atomic E-state index is 11.2. The van der Waals surface area contributed by atoms with Gasteiger partial charge in [-0.2, -0.15) is 0 Å². The summed E-state index contributed by atoms with van der Waals surface area (Å²) >= 11 is 0. The lowest BCUT2D eigenvalue weighted by Gasteiger charge is -2.24. The maximum absolute atomic E-state index is 11.2. The van der Waals surface area contributed by atoms with Crippen LogP contribution in [0.1, 0.15) is 38.7 Å². The molecule has 2 unspecified atom stereocenters. The van der Waals surface area contributed by atoms with Gasteiger partial charge in [0, 0.05) is 23.6 Å². The molecular weight excluding hydrogens is 244 g/mol. The second-order valence-corrected chi connectivity index (χ2v) is 4.54. The van der Waals surface area contributed by atoms with Gasteiger partial charge in [-0.1, -0.05) is 13.8 Å². The number of hydrogen-bond donors (Lipinski definition) is 1. The summed E-state index contributed by atoms with van der Waals surface area (Å²) in [6.45, 7) is 6.97. The van der Waals surface area contributed by atoms with Crippen molar-refractivity contribution in [1.29, 1.82) is 0 Å². The van der Waals surface area contributed by atoms with Gasteiger partial charge in [0.25, 0.3) is 5.69 Å². The highest BCUT2D eigenvalue weighted by atomic mass is 16.6. The molecule has 0 saturated heterocycles. The minimum atomic E-state index is -0.323. The number of rotatable bonds is 7. The summed E-state index contributed by atoms with van der Waals surface area (Å²) in [5.74, 6) is 0.748. The Morgan fingerprint density at radius 3 is 2.58 bits per heavy atom. The Kier molecular flexibility index (Phi) is 5.76. The molecule has 1 rings (SSSR count). The molecule has 2 atom stereocenters. The number of benzene rings is 1. The lowest BCUT2D eigenvalue weighted by atomic mass is 9.88. The first-order chi connectivity index (χ1) is 9.04. The van der Waals surface area contributed by atoms with Crippen molar-refractivity contribution < 1.29 is 9.66 Å². The summed E-state index contributed by atoms with van der Waals surface area (Å²) in [5.41, 5.74) is 0.901. The van der Waals surface area contributed by atoms with Gasteiger partial charge in [0.1, 0.15) is 5.75 Å². The molecule has 5 nitrogen and oxygen atoms in total. The van der Waals surface area contributed by atoms with E-state index in [2.05, 4.69) is 12.2 Å². The van der Waals surface area contributed by atoms with Crippen molar-refractivity contribution in [2.75, 3.05) is 13.7 Å². The highest BCUT2D eigenvalue weighted by Crippen LogP contribution is 2.34. The minimum Gasteiger partial charge on any atom is -0.497 e. The van der Waals surface area contributed by atoms with E-state index in [1.54, 1.807) is 19.2 Å². The molecule has 0 saturated carbocycles. The Morgan fingerprint density at radius 2 is 2.11 bits per heavy atom. The van der Waals surface area contributed by atoms with Crippen molar-refractivity contribution in [1.82, 2.24) is 5.32 Å². The van der Waals surface area contributed by atoms with Crippen molar-refractivity contribution in [3.8, 4) is 5.75 Å². The molecule has 1 aromatic carbocycles. The van der Waals surface area contributed by atoms with E-state index >= 15 is 0 Å². The Balaban J connectivity index is 3.22. The fraction of sp³-hybridized carbons (Fsp3) is 0.571. The predicted octanol–water partition coefficient (Wildman–Crippen LogP) is 3.10. The van der Waals surface area contributed by atoms with Crippen LogP contribution < -0.4 is 10.1 Å². The van der Waals surface area contributed by atoms with Crippen LogP contribution in [-0.4, -0.2) is 24.6 Å². The average Bonchev–Trinajstić information content (AvgIpc) is 2.39. The molecule has 0 aliphatic rings. The van der Waals surface area contributed by atoms with Crippen LogP contribution in [0.15, 0.2) is 18.2 Å². The van der Waals surface area contributed by atoms with E-state index in [1.165, 1.54) is 6.07 Å². The summed E-state index contributed by atoms with van der Waals surface area (Å²) in [6, 6.07) is 5.11. The molecule has 0 spiro atoms. The summed E-state index contributed by atoms with van der Waals surface area (Å²) < 4.78 is 5.18. The van der Waals surface area contributed by atoms with Crippen molar-refractivity contribution in [2.45, 2.75) is 39.2 Å². The van der Waals surface area contributed by atoms with Crippen molar-refractivity contribution in [3.63, 3.8) is 0 Å². The minimum absolute atomic E-state index is 0.0930. The molecule has 106 valence electrons. The SMILES string of the molecule is CCNC(C)C(CC)c1cc(OC)ccc1[N+](=O)[O-]. The zero-order chi connectivity index (χ0) is 14.4. The zero-order valence-electron chi connectivity index (χ0n) is 12.0. The maximum Gasteiger partial charge on any atom is 0.273 e. The topological polar surface area (TPSA) is 64.4 Å². The lowest BCUT2D eigenvalue weighted by Crippen LogP contribution is -2.32. The standard InChI is InChI=1S/C14H22N2O3/c1-5-12(10(3)15-6-2)13-9-11(19-4)7-8-14(13)16(17)18/h7-10,12,15H,5-6H2,1-4H3. The second kappa shape index (κ2) is 7.09. The monoisotopic (exact) mass is 266 g/mol. The quantitative estimate of drug-likeness (QED) is 0.608. The van der Waals surface area contributed by atoms with E-state index in [9.17, 15) is 10.1 Å². The van der Waals surface area contributed by atoms with Gasteiger partial charge in [0.2, 0.25) is 0 Å². The van der Waals surface area contributed by atoms with E-state index in [4.69, 9.17) is 4.74 Å². The van der Waals surface area contributed by atoms with Crippen LogP contribution in [-0.2, 0) is 0 Å². The predicted molar refractivity (Wildman–Crippen MR) is 75.8 cm³/mol. The number of hydrogen-bond acceptors (Lipinski definition) is 4. The Bertz CT molecular complexity index is 435. The third-order valence-electron chi connectivity index (χ3n) is 3.40. The van der Waals surface area contributed by atoms with Crippen molar-refractivity contribution in [2.24, 2.45) is 0 Å². The van der Waals surface area contributed by atoms with E-state index in [-0.39, 0.29) is 22.6 Å². The largest absolute Gasteiger partial charge is 0.497 e. The van der Waals surface area contributed by atoms with Gasteiger partial charge < -0.3 is 10.1 Å². The van der Waals surface area contributed by atoms with Gasteiger partial charge in [-0.25, -0.2) is 0 Å². The summed E-state index contributed by atoms with van der Waals surface area (Å²) in [6.07, 6.45) is 0.835. The van der Waals surface area contributed by atoms with Gasteiger partial charge in [-0.15, -0.1) is 0 Å². The van der Waals surface area contributed by atoms with Gasteiger partial charge >= 0.3 is 0 Å². The smallest absolute Gasteiger partial charge is 0.273 e. The van der Waals surface area contributed by atoms with Crippen LogP contribution in [0.25, 0.3) is 0 Å². The first kappa shape index (κ1) is 15.4. The molecule has 0 aliphatic heterocycles. The van der Waals surface area contributed by atoms with E-state index in [0.717, 1.165) is 18.5 Å². The molecule has 0 aromatic heterocycles. The van der Waals surface area contributed by atoms with Gasteiger partial charge in [-0.3, -0.25) is 10.1 Å². The summed E-state index contributed by atoms with van der Waals surface area (Å²) in [4.78, 5) is 10.8. The van der Waals surface area contributed by atoms with Crippen molar-refractivity contribution in [3.05, 3.63) is 33.9 Å². The Hall–Kier alpha value is -1.62. The zero-order valence-corrected chi connectivity index (χ0v) is 12.0. The molecule has 19 heavy (non-hydrogen) atoms. The molecule has 0 radical (unpaired) electrons. The van der Waals surface area contributed by atoms with Gasteiger partial charge in [-0.05, 0) is 32.0 Å². The number of nitro benzene ring substituents is 1. The van der Waals surface area contributed by atoms with Gasteiger partial charge in [0.15, 0.2) is 0 Å². The third-order valence-corrected chi connectivity index (χ3v) is 3.40. The number of likely N-dealkylation sites (N-methyl/N-ethyl adjacent to an activating group) is 1. The van der Waals surface area contributed by atoms with Crippen LogP contribution in [0.2, 0.25) is 0 Å². The van der Waals surface area contributed by atoms with E-state index in [0.29, 0.717) is 5.75 Å². The molecular formula is C14H22N2O3. The number of nitrogens with zero attached hydrogens (tertiary/aromatic N) is 1. The summed E-state index contributed by atoms with van der Waals surface area (Å²) in [5, 5.41) is 14.5. The van der Waals surface area contributed by atoms with Crippen LogP contribution in [0.5, 0.6) is 5.75 Å². The lowest BCUT2D eigenvalue weighted by molar-refractivity contribution is -0.385. The first-order valence-electron chi connectivity index (χ1n) is 6.60. The van der Waals surface area contributed by atoms with Crippen molar-refractivity contribution >= 4 is 5.69 Å². The number of ether oxygens (including phenoxy) is 1. The third kappa shape index (κ3) is 3.67. The number of methoxy groups -OCH3 is 1. The Morgan fingerprint density at radius 1 is 1.42 bits per heavy atom. The first-order valence-corrected chi connectivity index (χ1v) is 6.60. The van der Waals surface area contributed by atoms with E-state index < -0.39 is 0 Å². The van der Waals surface area contributed by atoms with Crippen LogP contribution in [0, 0.1) is 10.1 Å². The Labute approximate surface area is 114 Å². The molecule has 1 N–H and O–H groups in total. The molecule has 0 bridgehead atoms. The highest BCUT2D eigenvalue weighted by Gasteiger charge is 2.25. The second-order valence-electron chi connectivity index (χ2n) is 4.54. The molecule has 0 aliphatic carbocycles. The number of nitro groups is 1. The fourth-order valence-electron chi connectivity index (χ4n) is 2.43. The molecule has 0 amide bonds. The number of nitrogens with one attached hydrogen (secondary N) is 1. The molecule has 0 fully saturated rings. The molecule has 5 heteroatoms. The molecule has 0 heterocycles. The summed E-state index contributed by atoms with van der Waals surface area (Å²) in [7, 11) is 1.57. The fourth-order valence-corrected chi connectivity index (χ4v) is 2.43. The molecule has 1 aromatic rings. The van der Waals surface area contributed by atoms with Crippen LogP contribution >= 0.6 is 0 Å². The highest BCUT2D eigenvalue weighted by molar-refractivity contribution is 5.47. The van der Waals surface area contributed by atoms with Crippen LogP contribution in [0.3, 0.4) is 0 Å². The van der Waals surface area contributed by atoms with Gasteiger partial charge in [0.05, 0.1) is 12.0 Å². The van der Waals surface area contributed by atoms with E-state index in [1.807, 2.05) is 13.8 Å². The van der Waals surface area contributed by atoms with Crippen LogP contribution in [0.4, 0.5) is 5.69 Å².